The number of fused-ring (bicyclic) bond motifs is 1. The molecule has 0 aliphatic carbocycles. The summed E-state index contributed by atoms with van der Waals surface area (Å²) in [6.07, 6.45) is 5.94. The van der Waals surface area contributed by atoms with Gasteiger partial charge in [0, 0.05) is 57.0 Å². The molecule has 2 aromatic heterocycles. The van der Waals surface area contributed by atoms with E-state index in [2.05, 4.69) is 20.3 Å². The number of hydrogen-bond donors (Lipinski definition) is 2. The van der Waals surface area contributed by atoms with Gasteiger partial charge < -0.3 is 20.1 Å². The number of nitrogens with one attached hydrogen (secondary N) is 2. The van der Waals surface area contributed by atoms with Gasteiger partial charge in [-0.2, -0.15) is 0 Å². The summed E-state index contributed by atoms with van der Waals surface area (Å²) < 4.78 is 0. The molecule has 3 aromatic rings. The number of H-pyrrole nitrogens is 1. The molecule has 0 bridgehead atoms. The molecule has 1 aromatic carbocycles. The molecule has 3 heterocycles. The normalized spacial score (nSPS) is 16.4. The highest BCUT2D eigenvalue weighted by molar-refractivity contribution is 6.01. The third-order valence-electron chi connectivity index (χ3n) is 5.74. The van der Waals surface area contributed by atoms with E-state index in [1.165, 1.54) is 0 Å². The van der Waals surface area contributed by atoms with Crippen LogP contribution in [0.25, 0.3) is 22.2 Å². The highest BCUT2D eigenvalue weighted by Crippen LogP contribution is 2.33. The van der Waals surface area contributed by atoms with Crippen LogP contribution in [0.5, 0.6) is 0 Å². The van der Waals surface area contributed by atoms with Crippen LogP contribution in [0.4, 0.5) is 5.82 Å². The van der Waals surface area contributed by atoms with E-state index in [-0.39, 0.29) is 17.9 Å². The van der Waals surface area contributed by atoms with Crippen LogP contribution in [-0.2, 0) is 4.79 Å². The average molecular weight is 421 g/mol. The van der Waals surface area contributed by atoms with Crippen molar-refractivity contribution in [1.82, 2.24) is 24.8 Å². The molecule has 1 fully saturated rings. The Bertz CT molecular complexity index is 1090. The lowest BCUT2D eigenvalue weighted by atomic mass is 10.0. The second-order valence-electron chi connectivity index (χ2n) is 8.10. The zero-order valence-corrected chi connectivity index (χ0v) is 18.2. The number of likely N-dealkylation sites (tertiary alicyclic amines) is 1. The molecule has 2 N–H and O–H groups in total. The highest BCUT2D eigenvalue weighted by Gasteiger charge is 2.24. The molecule has 0 radical (unpaired) electrons. The van der Waals surface area contributed by atoms with Gasteiger partial charge in [0.2, 0.25) is 5.91 Å². The van der Waals surface area contributed by atoms with Crippen LogP contribution in [0.1, 0.15) is 36.5 Å². The molecule has 8 heteroatoms. The number of amides is 2. The fraction of sp³-hybridized carbons (Fsp3) is 0.391. The quantitative estimate of drug-likeness (QED) is 0.661. The molecular formula is C23H28N6O2. The fourth-order valence-electron chi connectivity index (χ4n) is 4.09. The maximum absolute atomic E-state index is 12.2. The number of anilines is 1. The number of hydrogen-bond acceptors (Lipinski definition) is 5. The van der Waals surface area contributed by atoms with Crippen molar-refractivity contribution in [2.75, 3.05) is 32.5 Å². The van der Waals surface area contributed by atoms with Gasteiger partial charge in [-0.05, 0) is 30.5 Å². The Labute approximate surface area is 181 Å². The molecule has 1 aliphatic rings. The van der Waals surface area contributed by atoms with Crippen LogP contribution in [0.15, 0.2) is 36.8 Å². The molecule has 4 rings (SSSR count). The molecule has 0 unspecified atom stereocenters. The summed E-state index contributed by atoms with van der Waals surface area (Å²) >= 11 is 0. The van der Waals surface area contributed by atoms with Gasteiger partial charge in [-0.15, -0.1) is 0 Å². The summed E-state index contributed by atoms with van der Waals surface area (Å²) in [6, 6.07) is 7.70. The van der Waals surface area contributed by atoms with Gasteiger partial charge in [-0.1, -0.05) is 19.1 Å². The van der Waals surface area contributed by atoms with Crippen molar-refractivity contribution >= 4 is 28.7 Å². The zero-order chi connectivity index (χ0) is 22.0. The number of carbonyl (C=O) groups is 2. The van der Waals surface area contributed by atoms with Crippen LogP contribution in [0, 0.1) is 0 Å². The Balaban J connectivity index is 1.62. The van der Waals surface area contributed by atoms with Crippen molar-refractivity contribution in [1.29, 1.82) is 0 Å². The minimum Gasteiger partial charge on any atom is -0.365 e. The topological polar surface area (TPSA) is 94.2 Å². The molecule has 1 aliphatic heterocycles. The Morgan fingerprint density at radius 3 is 2.71 bits per heavy atom. The molecule has 0 saturated carbocycles. The van der Waals surface area contributed by atoms with E-state index in [0.29, 0.717) is 18.5 Å². The SMILES string of the molecule is CCC(=O)N1CCC[C@@H](Nc2ncnc3[nH]cc(-c4ccc(C(=O)N(C)C)cc4)c23)C1. The lowest BCUT2D eigenvalue weighted by Gasteiger charge is -2.33. The molecule has 1 atom stereocenters. The third-order valence-corrected chi connectivity index (χ3v) is 5.74. The maximum Gasteiger partial charge on any atom is 0.253 e. The summed E-state index contributed by atoms with van der Waals surface area (Å²) in [5.41, 5.74) is 3.34. The maximum atomic E-state index is 12.2. The Hall–Kier alpha value is -3.42. The van der Waals surface area contributed by atoms with E-state index in [1.807, 2.05) is 42.3 Å². The highest BCUT2D eigenvalue weighted by atomic mass is 16.2. The molecule has 0 spiro atoms. The Morgan fingerprint density at radius 2 is 2.00 bits per heavy atom. The summed E-state index contributed by atoms with van der Waals surface area (Å²) in [4.78, 5) is 39.9. The first-order chi connectivity index (χ1) is 15.0. The second-order valence-corrected chi connectivity index (χ2v) is 8.10. The standard InChI is InChI=1S/C23H28N6O2/c1-4-19(30)29-11-5-6-17(13-29)27-22-20-18(12-24-21(20)25-14-26-22)15-7-9-16(10-8-15)23(31)28(2)3/h7-10,12,14,17H,4-6,11,13H2,1-3H3,(H2,24,25,26,27)/t17-/m1/s1. The van der Waals surface area contributed by atoms with E-state index in [4.69, 9.17) is 0 Å². The number of benzene rings is 1. The predicted octanol–water partition coefficient (Wildman–Crippen LogP) is 3.14. The number of carbonyl (C=O) groups excluding carboxylic acids is 2. The minimum atomic E-state index is -0.0281. The van der Waals surface area contributed by atoms with Gasteiger partial charge in [0.1, 0.15) is 17.8 Å². The lowest BCUT2D eigenvalue weighted by Crippen LogP contribution is -2.45. The van der Waals surface area contributed by atoms with Crippen LogP contribution < -0.4 is 5.32 Å². The van der Waals surface area contributed by atoms with Gasteiger partial charge in [0.15, 0.2) is 0 Å². The smallest absolute Gasteiger partial charge is 0.253 e. The molecule has 31 heavy (non-hydrogen) atoms. The van der Waals surface area contributed by atoms with Crippen molar-refractivity contribution in [3.63, 3.8) is 0 Å². The average Bonchev–Trinajstić information content (AvgIpc) is 3.23. The molecule has 162 valence electrons. The number of aromatic amines is 1. The summed E-state index contributed by atoms with van der Waals surface area (Å²) in [5.74, 6) is 0.916. The monoisotopic (exact) mass is 420 g/mol. The number of nitrogens with zero attached hydrogens (tertiary/aromatic N) is 4. The molecule has 1 saturated heterocycles. The summed E-state index contributed by atoms with van der Waals surface area (Å²) in [7, 11) is 3.48. The van der Waals surface area contributed by atoms with Gasteiger partial charge in [0.25, 0.3) is 5.91 Å². The van der Waals surface area contributed by atoms with E-state index < -0.39 is 0 Å². The van der Waals surface area contributed by atoms with E-state index in [0.717, 1.165) is 47.4 Å². The minimum absolute atomic E-state index is 0.0281. The van der Waals surface area contributed by atoms with E-state index in [1.54, 1.807) is 25.3 Å². The first-order valence-corrected chi connectivity index (χ1v) is 10.7. The molecular weight excluding hydrogens is 392 g/mol. The van der Waals surface area contributed by atoms with Crippen LogP contribution in [0.3, 0.4) is 0 Å². The number of aromatic nitrogens is 3. The lowest BCUT2D eigenvalue weighted by molar-refractivity contribution is -0.131. The van der Waals surface area contributed by atoms with Crippen molar-refractivity contribution in [3.05, 3.63) is 42.4 Å². The van der Waals surface area contributed by atoms with Crippen molar-refractivity contribution in [2.45, 2.75) is 32.2 Å². The summed E-state index contributed by atoms with van der Waals surface area (Å²) in [6.45, 7) is 3.40. The van der Waals surface area contributed by atoms with Gasteiger partial charge in [-0.25, -0.2) is 9.97 Å². The zero-order valence-electron chi connectivity index (χ0n) is 18.2. The predicted molar refractivity (Wildman–Crippen MR) is 121 cm³/mol. The Morgan fingerprint density at radius 1 is 1.23 bits per heavy atom. The van der Waals surface area contributed by atoms with Gasteiger partial charge in [0.05, 0.1) is 5.39 Å². The van der Waals surface area contributed by atoms with Crippen LogP contribution in [0.2, 0.25) is 0 Å². The largest absolute Gasteiger partial charge is 0.365 e. The van der Waals surface area contributed by atoms with Gasteiger partial charge in [-0.3, -0.25) is 9.59 Å². The number of piperidine rings is 1. The van der Waals surface area contributed by atoms with Crippen LogP contribution in [-0.4, -0.2) is 69.8 Å². The number of rotatable bonds is 5. The van der Waals surface area contributed by atoms with E-state index in [9.17, 15) is 9.59 Å². The molecule has 2 amide bonds. The van der Waals surface area contributed by atoms with Crippen molar-refractivity contribution in [2.24, 2.45) is 0 Å². The first-order valence-electron chi connectivity index (χ1n) is 10.7. The van der Waals surface area contributed by atoms with Crippen molar-refractivity contribution < 1.29 is 9.59 Å². The van der Waals surface area contributed by atoms with Crippen LogP contribution >= 0.6 is 0 Å². The first kappa shape index (κ1) is 20.8. The molecule has 8 nitrogen and oxygen atoms in total. The fourth-order valence-corrected chi connectivity index (χ4v) is 4.09. The third kappa shape index (κ3) is 4.23. The second kappa shape index (κ2) is 8.75. The summed E-state index contributed by atoms with van der Waals surface area (Å²) in [5, 5.41) is 4.46. The Kier molecular flexibility index (Phi) is 5.88. The van der Waals surface area contributed by atoms with Gasteiger partial charge >= 0.3 is 0 Å². The van der Waals surface area contributed by atoms with Crippen molar-refractivity contribution in [3.8, 4) is 11.1 Å². The van der Waals surface area contributed by atoms with E-state index >= 15 is 0 Å².